The van der Waals surface area contributed by atoms with Gasteiger partial charge in [0, 0.05) is 18.8 Å². The summed E-state index contributed by atoms with van der Waals surface area (Å²) in [6.45, 7) is 6.45. The summed E-state index contributed by atoms with van der Waals surface area (Å²) in [4.78, 5) is 25.0. The van der Waals surface area contributed by atoms with Crippen LogP contribution in [-0.2, 0) is 14.2 Å². The highest BCUT2D eigenvalue weighted by Gasteiger charge is 2.24. The summed E-state index contributed by atoms with van der Waals surface area (Å²) in [5.74, 6) is -2.47. The number of aryl methyl sites for hydroxylation is 1. The van der Waals surface area contributed by atoms with Gasteiger partial charge in [0.25, 0.3) is 0 Å². The van der Waals surface area contributed by atoms with Gasteiger partial charge in [-0.2, -0.15) is 0 Å². The molecule has 1 heterocycles. The fourth-order valence-electron chi connectivity index (χ4n) is 3.34. The summed E-state index contributed by atoms with van der Waals surface area (Å²) in [5, 5.41) is 44.7. The fourth-order valence-corrected chi connectivity index (χ4v) is 4.30. The zero-order valence-corrected chi connectivity index (χ0v) is 21.7. The number of anilines is 1. The number of azo groups is 1. The maximum Gasteiger partial charge on any atom is 0.346 e. The van der Waals surface area contributed by atoms with Crippen LogP contribution in [0.3, 0.4) is 0 Å². The Balaban J connectivity index is 2.14. The van der Waals surface area contributed by atoms with E-state index in [9.17, 15) is 19.8 Å². The Hall–Kier alpha value is -2.94. The van der Waals surface area contributed by atoms with E-state index < -0.39 is 11.9 Å². The van der Waals surface area contributed by atoms with Gasteiger partial charge in [-0.3, -0.25) is 0 Å². The molecular weight excluding hydrogens is 506 g/mol. The molecule has 0 radical (unpaired) electrons. The van der Waals surface area contributed by atoms with Crippen LogP contribution in [0.2, 0.25) is 0 Å². The van der Waals surface area contributed by atoms with Crippen molar-refractivity contribution in [2.24, 2.45) is 10.2 Å². The summed E-state index contributed by atoms with van der Waals surface area (Å²) in [6, 6.07) is 5.50. The molecule has 2 aromatic rings. The SMILES string of the molecule is Cc1cc(N(CCOCCO)CCOCCOCCO)ccc1/N=N/c1sc(C(=O)O)c(C)c1C(=O)O. The molecule has 1 aromatic heterocycles. The molecule has 13 heteroatoms. The monoisotopic (exact) mass is 539 g/mol. The number of carboxylic acids is 2. The molecule has 0 saturated carbocycles. The van der Waals surface area contributed by atoms with E-state index in [0.717, 1.165) is 22.6 Å². The first-order valence-electron chi connectivity index (χ1n) is 11.6. The topological polar surface area (TPSA) is 171 Å². The third-order valence-corrected chi connectivity index (χ3v) is 6.35. The number of rotatable bonds is 18. The van der Waals surface area contributed by atoms with Crippen molar-refractivity contribution < 1.29 is 44.2 Å². The number of aromatic carboxylic acids is 2. The second-order valence-electron chi connectivity index (χ2n) is 7.79. The smallest absolute Gasteiger partial charge is 0.346 e. The third kappa shape index (κ3) is 9.46. The molecule has 4 N–H and O–H groups in total. The maximum absolute atomic E-state index is 11.6. The Labute approximate surface area is 218 Å². The molecule has 0 fully saturated rings. The lowest BCUT2D eigenvalue weighted by atomic mass is 10.1. The molecule has 0 unspecified atom stereocenters. The molecule has 0 aliphatic rings. The van der Waals surface area contributed by atoms with Crippen molar-refractivity contribution in [1.29, 1.82) is 0 Å². The molecule has 204 valence electrons. The number of aliphatic hydroxyl groups is 2. The quantitative estimate of drug-likeness (QED) is 0.163. The lowest BCUT2D eigenvalue weighted by Crippen LogP contribution is -2.31. The van der Waals surface area contributed by atoms with Crippen LogP contribution in [0.5, 0.6) is 0 Å². The highest BCUT2D eigenvalue weighted by Crippen LogP contribution is 2.37. The molecule has 12 nitrogen and oxygen atoms in total. The van der Waals surface area contributed by atoms with Crippen molar-refractivity contribution in [3.63, 3.8) is 0 Å². The Morgan fingerprint density at radius 3 is 2.00 bits per heavy atom. The number of carboxylic acid groups (broad SMARTS) is 2. The average Bonchev–Trinajstić information content (AvgIpc) is 3.20. The van der Waals surface area contributed by atoms with Gasteiger partial charge in [-0.15, -0.1) is 21.6 Å². The normalized spacial score (nSPS) is 11.4. The molecule has 2 rings (SSSR count). The first kappa shape index (κ1) is 30.3. The third-order valence-electron chi connectivity index (χ3n) is 5.18. The first-order chi connectivity index (χ1) is 17.8. The van der Waals surface area contributed by atoms with Crippen molar-refractivity contribution in [2.75, 3.05) is 70.8 Å². The van der Waals surface area contributed by atoms with Gasteiger partial charge >= 0.3 is 11.9 Å². The van der Waals surface area contributed by atoms with Crippen LogP contribution >= 0.6 is 11.3 Å². The lowest BCUT2D eigenvalue weighted by molar-refractivity contribution is 0.0347. The molecular formula is C24H33N3O9S. The number of benzene rings is 1. The van der Waals surface area contributed by atoms with Crippen LogP contribution < -0.4 is 4.90 Å². The van der Waals surface area contributed by atoms with E-state index >= 15 is 0 Å². The van der Waals surface area contributed by atoms with Crippen LogP contribution in [0.1, 0.15) is 31.2 Å². The van der Waals surface area contributed by atoms with Gasteiger partial charge in [-0.1, -0.05) is 0 Å². The minimum atomic E-state index is -1.26. The van der Waals surface area contributed by atoms with Gasteiger partial charge in [0.1, 0.15) is 10.4 Å². The molecule has 0 bridgehead atoms. The molecule has 0 aliphatic heterocycles. The number of ether oxygens (including phenoxy) is 3. The number of aliphatic hydroxyl groups excluding tert-OH is 2. The van der Waals surface area contributed by atoms with Gasteiger partial charge in [0.05, 0.1) is 58.5 Å². The molecule has 0 saturated heterocycles. The van der Waals surface area contributed by atoms with E-state index in [1.165, 1.54) is 6.92 Å². The largest absolute Gasteiger partial charge is 0.478 e. The van der Waals surface area contributed by atoms with Crippen molar-refractivity contribution in [3.05, 3.63) is 39.8 Å². The average molecular weight is 540 g/mol. The van der Waals surface area contributed by atoms with Crippen LogP contribution in [0.25, 0.3) is 0 Å². The summed E-state index contributed by atoms with van der Waals surface area (Å²) in [7, 11) is 0. The second-order valence-corrected chi connectivity index (χ2v) is 8.79. The summed E-state index contributed by atoms with van der Waals surface area (Å²) in [5.41, 5.74) is 2.15. The van der Waals surface area contributed by atoms with Crippen LogP contribution in [0, 0.1) is 13.8 Å². The minimum absolute atomic E-state index is 0.0219. The molecule has 0 atom stereocenters. The standard InChI is InChI=1S/C24H33N3O9S/c1-16-15-18(27(5-9-34-11-7-28)6-10-35-13-14-36-12-8-29)3-4-19(16)25-26-22-20(23(30)31)17(2)21(37-22)24(32)33/h3-4,15,28-29H,5-14H2,1-2H3,(H,30,31)(H,32,33)/b26-25+. The summed E-state index contributed by atoms with van der Waals surface area (Å²) >= 11 is 0.770. The van der Waals surface area contributed by atoms with Crippen LogP contribution in [0.4, 0.5) is 16.4 Å². The first-order valence-corrected chi connectivity index (χ1v) is 12.4. The lowest BCUT2D eigenvalue weighted by Gasteiger charge is -2.25. The van der Waals surface area contributed by atoms with Crippen molar-refractivity contribution in [3.8, 4) is 0 Å². The predicted molar refractivity (Wildman–Crippen MR) is 137 cm³/mol. The number of hydrogen-bond donors (Lipinski definition) is 4. The van der Waals surface area contributed by atoms with Gasteiger partial charge < -0.3 is 39.5 Å². The Bertz CT molecular complexity index is 1060. The Morgan fingerprint density at radius 2 is 1.46 bits per heavy atom. The van der Waals surface area contributed by atoms with E-state index in [4.69, 9.17) is 24.4 Å². The number of nitrogens with zero attached hydrogens (tertiary/aromatic N) is 3. The Morgan fingerprint density at radius 1 is 0.865 bits per heavy atom. The van der Waals surface area contributed by atoms with Gasteiger partial charge in [0.15, 0.2) is 5.00 Å². The number of hydrogen-bond acceptors (Lipinski definition) is 11. The molecule has 1 aromatic carbocycles. The zero-order chi connectivity index (χ0) is 27.2. The zero-order valence-electron chi connectivity index (χ0n) is 20.9. The predicted octanol–water partition coefficient (Wildman–Crippen LogP) is 3.02. The molecule has 37 heavy (non-hydrogen) atoms. The van der Waals surface area contributed by atoms with Gasteiger partial charge in [0.2, 0.25) is 0 Å². The van der Waals surface area contributed by atoms with E-state index in [-0.39, 0.29) is 47.4 Å². The molecule has 0 spiro atoms. The van der Waals surface area contributed by atoms with Crippen molar-refractivity contribution in [2.45, 2.75) is 13.8 Å². The van der Waals surface area contributed by atoms with Crippen LogP contribution in [0.15, 0.2) is 28.4 Å². The van der Waals surface area contributed by atoms with E-state index in [1.54, 1.807) is 6.07 Å². The molecule has 0 amide bonds. The van der Waals surface area contributed by atoms with Gasteiger partial charge in [-0.05, 0) is 43.2 Å². The van der Waals surface area contributed by atoms with Gasteiger partial charge in [-0.25, -0.2) is 9.59 Å². The number of carbonyl (C=O) groups is 2. The Kier molecular flexibility index (Phi) is 13.1. The summed E-state index contributed by atoms with van der Waals surface area (Å²) < 4.78 is 16.2. The maximum atomic E-state index is 11.6. The fraction of sp³-hybridized carbons (Fsp3) is 0.500. The van der Waals surface area contributed by atoms with Crippen molar-refractivity contribution in [1.82, 2.24) is 0 Å². The van der Waals surface area contributed by atoms with E-state index in [0.29, 0.717) is 45.2 Å². The van der Waals surface area contributed by atoms with Crippen LogP contribution in [-0.4, -0.2) is 98.3 Å². The summed E-state index contributed by atoms with van der Waals surface area (Å²) in [6.07, 6.45) is 0. The number of thiophene rings is 1. The highest BCUT2D eigenvalue weighted by atomic mass is 32.1. The highest BCUT2D eigenvalue weighted by molar-refractivity contribution is 7.18. The minimum Gasteiger partial charge on any atom is -0.478 e. The second kappa shape index (κ2) is 16.0. The van der Waals surface area contributed by atoms with E-state index in [1.807, 2.05) is 19.1 Å². The van der Waals surface area contributed by atoms with E-state index in [2.05, 4.69) is 15.1 Å². The van der Waals surface area contributed by atoms with Crippen molar-refractivity contribution >= 4 is 39.7 Å². The molecule has 0 aliphatic carbocycles.